The Balaban J connectivity index is 2.15. The van der Waals surface area contributed by atoms with Crippen molar-refractivity contribution in [3.05, 3.63) is 36.5 Å². The molecule has 3 rings (SSSR count). The Morgan fingerprint density at radius 1 is 1.11 bits per heavy atom. The lowest BCUT2D eigenvalue weighted by Gasteiger charge is -2.03. The number of fused-ring (bicyclic) bond motifs is 1. The van der Waals surface area contributed by atoms with Gasteiger partial charge in [-0.3, -0.25) is 0 Å². The molecule has 3 aromatic rings. The molecule has 19 heavy (non-hydrogen) atoms. The lowest BCUT2D eigenvalue weighted by atomic mass is 10.3. The normalized spacial score (nSPS) is 10.6. The van der Waals surface area contributed by atoms with Gasteiger partial charge in [-0.15, -0.1) is 0 Å². The SMILES string of the molecule is COc1ccc2nc(-c3ncccc3OC)[nH]c2c1. The Bertz CT molecular complexity index is 722. The van der Waals surface area contributed by atoms with E-state index in [1.54, 1.807) is 20.4 Å². The van der Waals surface area contributed by atoms with Gasteiger partial charge in [-0.25, -0.2) is 9.97 Å². The zero-order chi connectivity index (χ0) is 13.2. The summed E-state index contributed by atoms with van der Waals surface area (Å²) in [6.07, 6.45) is 1.71. The maximum Gasteiger partial charge on any atom is 0.161 e. The Hall–Kier alpha value is -2.56. The zero-order valence-corrected chi connectivity index (χ0v) is 10.7. The molecule has 0 bridgehead atoms. The van der Waals surface area contributed by atoms with E-state index in [-0.39, 0.29) is 0 Å². The second-order valence-corrected chi connectivity index (χ2v) is 4.02. The van der Waals surface area contributed by atoms with Gasteiger partial charge in [0.15, 0.2) is 5.82 Å². The summed E-state index contributed by atoms with van der Waals surface area (Å²) in [5.74, 6) is 2.16. The standard InChI is InChI=1S/C14H13N3O2/c1-18-9-5-6-10-11(8-9)17-14(16-10)13-12(19-2)4-3-7-15-13/h3-8H,1-2H3,(H,16,17). The van der Waals surface area contributed by atoms with Crippen LogP contribution < -0.4 is 9.47 Å². The van der Waals surface area contributed by atoms with Gasteiger partial charge in [0.05, 0.1) is 25.3 Å². The quantitative estimate of drug-likeness (QED) is 0.781. The fourth-order valence-electron chi connectivity index (χ4n) is 1.96. The predicted molar refractivity (Wildman–Crippen MR) is 72.4 cm³/mol. The number of aromatic nitrogens is 3. The van der Waals surface area contributed by atoms with Gasteiger partial charge in [-0.1, -0.05) is 0 Å². The number of methoxy groups -OCH3 is 2. The molecule has 5 nitrogen and oxygen atoms in total. The van der Waals surface area contributed by atoms with Crippen LogP contribution in [-0.4, -0.2) is 29.2 Å². The minimum atomic E-state index is 0.681. The second kappa shape index (κ2) is 4.61. The number of pyridine rings is 1. The molecule has 0 amide bonds. The summed E-state index contributed by atoms with van der Waals surface area (Å²) in [5.41, 5.74) is 2.46. The number of aromatic amines is 1. The van der Waals surface area contributed by atoms with E-state index in [1.165, 1.54) is 0 Å². The fraction of sp³-hybridized carbons (Fsp3) is 0.143. The summed E-state index contributed by atoms with van der Waals surface area (Å²) >= 11 is 0. The maximum atomic E-state index is 5.29. The van der Waals surface area contributed by atoms with Gasteiger partial charge in [-0.2, -0.15) is 0 Å². The van der Waals surface area contributed by atoms with E-state index >= 15 is 0 Å². The van der Waals surface area contributed by atoms with Crippen molar-refractivity contribution in [2.75, 3.05) is 14.2 Å². The van der Waals surface area contributed by atoms with Crippen LogP contribution in [0.5, 0.6) is 11.5 Å². The average molecular weight is 255 g/mol. The number of nitrogens with one attached hydrogen (secondary N) is 1. The number of hydrogen-bond donors (Lipinski definition) is 1. The van der Waals surface area contributed by atoms with Gasteiger partial charge in [0.1, 0.15) is 17.2 Å². The van der Waals surface area contributed by atoms with Gasteiger partial charge in [0.2, 0.25) is 0 Å². The summed E-state index contributed by atoms with van der Waals surface area (Å²) in [7, 11) is 3.26. The van der Waals surface area contributed by atoms with Crippen molar-refractivity contribution in [3.63, 3.8) is 0 Å². The number of rotatable bonds is 3. The second-order valence-electron chi connectivity index (χ2n) is 4.02. The average Bonchev–Trinajstić information content (AvgIpc) is 2.89. The van der Waals surface area contributed by atoms with Crippen LogP contribution in [0.1, 0.15) is 0 Å². The van der Waals surface area contributed by atoms with Gasteiger partial charge in [-0.05, 0) is 24.3 Å². The predicted octanol–water partition coefficient (Wildman–Crippen LogP) is 2.64. The van der Waals surface area contributed by atoms with Crippen LogP contribution in [0.2, 0.25) is 0 Å². The summed E-state index contributed by atoms with van der Waals surface area (Å²) in [6.45, 7) is 0. The van der Waals surface area contributed by atoms with E-state index in [2.05, 4.69) is 15.0 Å². The van der Waals surface area contributed by atoms with Gasteiger partial charge >= 0.3 is 0 Å². The van der Waals surface area contributed by atoms with Gasteiger partial charge < -0.3 is 14.5 Å². The molecule has 1 aromatic carbocycles. The molecule has 0 atom stereocenters. The number of H-pyrrole nitrogens is 1. The largest absolute Gasteiger partial charge is 0.497 e. The van der Waals surface area contributed by atoms with Gasteiger partial charge in [0.25, 0.3) is 0 Å². The van der Waals surface area contributed by atoms with Crippen LogP contribution in [0.4, 0.5) is 0 Å². The van der Waals surface area contributed by atoms with Crippen LogP contribution in [0, 0.1) is 0 Å². The Morgan fingerprint density at radius 3 is 2.79 bits per heavy atom. The monoisotopic (exact) mass is 255 g/mol. The molecular formula is C14H13N3O2. The summed E-state index contributed by atoms with van der Waals surface area (Å²) in [4.78, 5) is 12.0. The van der Waals surface area contributed by atoms with E-state index in [9.17, 15) is 0 Å². The van der Waals surface area contributed by atoms with Crippen molar-refractivity contribution in [3.8, 4) is 23.0 Å². The molecule has 2 aromatic heterocycles. The third-order valence-corrected chi connectivity index (χ3v) is 2.90. The Kier molecular flexibility index (Phi) is 2.79. The molecule has 0 unspecified atom stereocenters. The first-order chi connectivity index (χ1) is 9.31. The highest BCUT2D eigenvalue weighted by Gasteiger charge is 2.11. The molecule has 1 N–H and O–H groups in total. The smallest absolute Gasteiger partial charge is 0.161 e. The highest BCUT2D eigenvalue weighted by molar-refractivity contribution is 5.81. The summed E-state index contributed by atoms with van der Waals surface area (Å²) in [6, 6.07) is 9.37. The summed E-state index contributed by atoms with van der Waals surface area (Å²) < 4.78 is 10.5. The molecule has 0 aliphatic carbocycles. The number of imidazole rings is 1. The van der Waals surface area contributed by atoms with Crippen molar-refractivity contribution < 1.29 is 9.47 Å². The lowest BCUT2D eigenvalue weighted by molar-refractivity contribution is 0.414. The molecule has 0 fully saturated rings. The minimum Gasteiger partial charge on any atom is -0.497 e. The molecule has 0 aliphatic rings. The van der Waals surface area contributed by atoms with Crippen LogP contribution in [-0.2, 0) is 0 Å². The van der Waals surface area contributed by atoms with E-state index in [4.69, 9.17) is 9.47 Å². The van der Waals surface area contributed by atoms with Crippen molar-refractivity contribution in [2.24, 2.45) is 0 Å². The molecular weight excluding hydrogens is 242 g/mol. The molecule has 0 saturated carbocycles. The first-order valence-corrected chi connectivity index (χ1v) is 5.85. The fourth-order valence-corrected chi connectivity index (χ4v) is 1.96. The number of benzene rings is 1. The molecule has 0 aliphatic heterocycles. The maximum absolute atomic E-state index is 5.29. The highest BCUT2D eigenvalue weighted by atomic mass is 16.5. The van der Waals surface area contributed by atoms with E-state index in [0.717, 1.165) is 16.8 Å². The van der Waals surface area contributed by atoms with Crippen molar-refractivity contribution in [2.45, 2.75) is 0 Å². The van der Waals surface area contributed by atoms with Crippen LogP contribution in [0.25, 0.3) is 22.6 Å². The molecule has 0 saturated heterocycles. The van der Waals surface area contributed by atoms with Crippen LogP contribution in [0.15, 0.2) is 36.5 Å². The third-order valence-electron chi connectivity index (χ3n) is 2.90. The molecule has 0 spiro atoms. The molecule has 2 heterocycles. The minimum absolute atomic E-state index is 0.681. The van der Waals surface area contributed by atoms with E-state index in [1.807, 2.05) is 30.3 Å². The molecule has 5 heteroatoms. The zero-order valence-electron chi connectivity index (χ0n) is 10.7. The van der Waals surface area contributed by atoms with E-state index < -0.39 is 0 Å². The summed E-state index contributed by atoms with van der Waals surface area (Å²) in [5, 5.41) is 0. The first-order valence-electron chi connectivity index (χ1n) is 5.85. The molecule has 0 radical (unpaired) electrons. The van der Waals surface area contributed by atoms with Crippen molar-refractivity contribution >= 4 is 11.0 Å². The topological polar surface area (TPSA) is 60.0 Å². The van der Waals surface area contributed by atoms with Crippen LogP contribution >= 0.6 is 0 Å². The Morgan fingerprint density at radius 2 is 2.00 bits per heavy atom. The number of ether oxygens (including phenoxy) is 2. The third kappa shape index (κ3) is 1.99. The van der Waals surface area contributed by atoms with Gasteiger partial charge in [0, 0.05) is 12.3 Å². The lowest BCUT2D eigenvalue weighted by Crippen LogP contribution is -1.91. The van der Waals surface area contributed by atoms with E-state index in [0.29, 0.717) is 17.3 Å². The van der Waals surface area contributed by atoms with Crippen molar-refractivity contribution in [1.29, 1.82) is 0 Å². The first kappa shape index (κ1) is 11.5. The van der Waals surface area contributed by atoms with Crippen LogP contribution in [0.3, 0.4) is 0 Å². The number of nitrogens with zero attached hydrogens (tertiary/aromatic N) is 2. The Labute approximate surface area is 110 Å². The van der Waals surface area contributed by atoms with Crippen molar-refractivity contribution in [1.82, 2.24) is 15.0 Å². The number of hydrogen-bond acceptors (Lipinski definition) is 4. The highest BCUT2D eigenvalue weighted by Crippen LogP contribution is 2.27. The molecule has 96 valence electrons.